The molecule has 0 aliphatic heterocycles. The van der Waals surface area contributed by atoms with Gasteiger partial charge in [-0.3, -0.25) is 4.90 Å². The molecule has 0 atom stereocenters. The van der Waals surface area contributed by atoms with Crippen LogP contribution in [0.1, 0.15) is 86.5 Å². The van der Waals surface area contributed by atoms with Crippen LogP contribution < -0.4 is 5.73 Å². The highest BCUT2D eigenvalue weighted by Crippen LogP contribution is 2.51. The summed E-state index contributed by atoms with van der Waals surface area (Å²) in [6.45, 7) is 17.6. The fourth-order valence-electron chi connectivity index (χ4n) is 5.05. The average molecular weight is 297 g/mol. The molecule has 2 nitrogen and oxygen atoms in total. The van der Waals surface area contributed by atoms with Gasteiger partial charge in [-0.05, 0) is 56.0 Å². The maximum Gasteiger partial charge on any atom is 0.0341 e. The van der Waals surface area contributed by atoms with E-state index in [0.29, 0.717) is 10.8 Å². The highest BCUT2D eigenvalue weighted by molar-refractivity contribution is 5.04. The molecular formula is C19H40N2. The highest BCUT2D eigenvalue weighted by Gasteiger charge is 2.49. The van der Waals surface area contributed by atoms with Crippen molar-refractivity contribution in [3.05, 3.63) is 0 Å². The summed E-state index contributed by atoms with van der Waals surface area (Å²) in [7, 11) is 0. The Morgan fingerprint density at radius 1 is 0.810 bits per heavy atom. The summed E-state index contributed by atoms with van der Waals surface area (Å²) in [6, 6.07) is 0. The zero-order valence-electron chi connectivity index (χ0n) is 15.6. The summed E-state index contributed by atoms with van der Waals surface area (Å²) in [5, 5.41) is 0. The predicted octanol–water partition coefficient (Wildman–Crippen LogP) is 4.82. The normalized spacial score (nSPS) is 23.4. The Morgan fingerprint density at radius 2 is 1.24 bits per heavy atom. The summed E-state index contributed by atoms with van der Waals surface area (Å²) in [5.41, 5.74) is 7.40. The van der Waals surface area contributed by atoms with Gasteiger partial charge in [0.2, 0.25) is 0 Å². The van der Waals surface area contributed by atoms with Gasteiger partial charge in [0.1, 0.15) is 0 Å². The monoisotopic (exact) mass is 296 g/mol. The second-order valence-corrected chi connectivity index (χ2v) is 8.98. The van der Waals surface area contributed by atoms with Crippen LogP contribution in [0.4, 0.5) is 0 Å². The van der Waals surface area contributed by atoms with Crippen molar-refractivity contribution in [2.45, 2.75) is 92.0 Å². The van der Waals surface area contributed by atoms with E-state index in [2.05, 4.69) is 46.4 Å². The lowest BCUT2D eigenvalue weighted by atomic mass is 9.58. The summed E-state index contributed by atoms with van der Waals surface area (Å²) in [6.07, 6.45) is 8.97. The van der Waals surface area contributed by atoms with Crippen LogP contribution in [0.25, 0.3) is 0 Å². The first-order chi connectivity index (χ1) is 9.70. The molecule has 0 amide bonds. The number of rotatable bonds is 8. The standard InChI is InChI=1S/C19H40N2/c1-7-9-11-21(12-10-8-2)19(16-20)14-17(3,4)13-18(5,6)15-19/h7-16,20H2,1-6H3. The first-order valence-electron chi connectivity index (χ1n) is 9.15. The molecule has 0 saturated heterocycles. The molecule has 2 heteroatoms. The van der Waals surface area contributed by atoms with E-state index in [-0.39, 0.29) is 5.54 Å². The summed E-state index contributed by atoms with van der Waals surface area (Å²) in [5.74, 6) is 0. The number of unbranched alkanes of at least 4 members (excludes halogenated alkanes) is 2. The van der Waals surface area contributed by atoms with Crippen LogP contribution in [0.15, 0.2) is 0 Å². The maximum atomic E-state index is 6.38. The molecule has 1 fully saturated rings. The van der Waals surface area contributed by atoms with Gasteiger partial charge in [0, 0.05) is 12.1 Å². The molecule has 0 aromatic heterocycles. The van der Waals surface area contributed by atoms with E-state index in [1.807, 2.05) is 0 Å². The largest absolute Gasteiger partial charge is 0.329 e. The number of nitrogens with zero attached hydrogens (tertiary/aromatic N) is 1. The van der Waals surface area contributed by atoms with Gasteiger partial charge in [-0.15, -0.1) is 0 Å². The lowest BCUT2D eigenvalue weighted by Gasteiger charge is -2.56. The zero-order chi connectivity index (χ0) is 16.1. The maximum absolute atomic E-state index is 6.38. The second-order valence-electron chi connectivity index (χ2n) is 8.98. The van der Waals surface area contributed by atoms with Crippen LogP contribution in [0.3, 0.4) is 0 Å². The Hall–Kier alpha value is -0.0800. The van der Waals surface area contributed by atoms with Gasteiger partial charge in [0.15, 0.2) is 0 Å². The van der Waals surface area contributed by atoms with Crippen molar-refractivity contribution in [3.8, 4) is 0 Å². The Morgan fingerprint density at radius 3 is 1.57 bits per heavy atom. The molecular weight excluding hydrogens is 256 g/mol. The fourth-order valence-corrected chi connectivity index (χ4v) is 5.05. The Bertz CT molecular complexity index is 283. The van der Waals surface area contributed by atoms with Gasteiger partial charge < -0.3 is 5.73 Å². The number of hydrogen-bond donors (Lipinski definition) is 1. The average Bonchev–Trinajstić information content (AvgIpc) is 2.35. The van der Waals surface area contributed by atoms with E-state index in [1.54, 1.807) is 0 Å². The van der Waals surface area contributed by atoms with Gasteiger partial charge in [-0.1, -0.05) is 54.4 Å². The molecule has 0 unspecified atom stereocenters. The highest BCUT2D eigenvalue weighted by atomic mass is 15.2. The van der Waals surface area contributed by atoms with Crippen molar-refractivity contribution >= 4 is 0 Å². The molecule has 126 valence electrons. The van der Waals surface area contributed by atoms with Crippen LogP contribution in [-0.4, -0.2) is 30.1 Å². The lowest BCUT2D eigenvalue weighted by molar-refractivity contribution is -0.0448. The van der Waals surface area contributed by atoms with Crippen LogP contribution in [0.2, 0.25) is 0 Å². The molecule has 1 rings (SSSR count). The smallest absolute Gasteiger partial charge is 0.0341 e. The fraction of sp³-hybridized carbons (Fsp3) is 1.00. The van der Waals surface area contributed by atoms with Gasteiger partial charge in [-0.25, -0.2) is 0 Å². The molecule has 0 heterocycles. The molecule has 21 heavy (non-hydrogen) atoms. The number of nitrogens with two attached hydrogens (primary N) is 1. The molecule has 0 radical (unpaired) electrons. The van der Waals surface area contributed by atoms with Gasteiger partial charge in [0.05, 0.1) is 0 Å². The van der Waals surface area contributed by atoms with E-state index < -0.39 is 0 Å². The Balaban J connectivity index is 3.00. The quantitative estimate of drug-likeness (QED) is 0.695. The van der Waals surface area contributed by atoms with Crippen molar-refractivity contribution in [2.75, 3.05) is 19.6 Å². The van der Waals surface area contributed by atoms with E-state index in [0.717, 1.165) is 6.54 Å². The molecule has 0 aromatic rings. The third-order valence-corrected chi connectivity index (χ3v) is 5.19. The third kappa shape index (κ3) is 5.25. The molecule has 1 aliphatic rings. The van der Waals surface area contributed by atoms with E-state index >= 15 is 0 Å². The van der Waals surface area contributed by atoms with Crippen molar-refractivity contribution in [1.82, 2.24) is 4.90 Å². The lowest BCUT2D eigenvalue weighted by Crippen LogP contribution is -2.61. The number of hydrogen-bond acceptors (Lipinski definition) is 2. The van der Waals surface area contributed by atoms with Crippen LogP contribution in [-0.2, 0) is 0 Å². The van der Waals surface area contributed by atoms with Gasteiger partial charge in [0.25, 0.3) is 0 Å². The Kier molecular flexibility index (Phi) is 6.74. The van der Waals surface area contributed by atoms with Gasteiger partial charge in [-0.2, -0.15) is 0 Å². The first kappa shape index (κ1) is 19.0. The Labute approximate surface area is 133 Å². The molecule has 0 aromatic carbocycles. The van der Waals surface area contributed by atoms with Crippen molar-refractivity contribution in [1.29, 1.82) is 0 Å². The minimum Gasteiger partial charge on any atom is -0.329 e. The summed E-state index contributed by atoms with van der Waals surface area (Å²) < 4.78 is 0. The predicted molar refractivity (Wildman–Crippen MR) is 94.6 cm³/mol. The van der Waals surface area contributed by atoms with Crippen molar-refractivity contribution in [2.24, 2.45) is 16.6 Å². The van der Waals surface area contributed by atoms with Crippen molar-refractivity contribution < 1.29 is 0 Å². The minimum atomic E-state index is 0.218. The third-order valence-electron chi connectivity index (χ3n) is 5.19. The summed E-state index contributed by atoms with van der Waals surface area (Å²) in [4.78, 5) is 2.77. The zero-order valence-corrected chi connectivity index (χ0v) is 15.6. The van der Waals surface area contributed by atoms with Crippen LogP contribution in [0.5, 0.6) is 0 Å². The van der Waals surface area contributed by atoms with E-state index in [4.69, 9.17) is 5.73 Å². The molecule has 0 bridgehead atoms. The topological polar surface area (TPSA) is 29.3 Å². The minimum absolute atomic E-state index is 0.218. The van der Waals surface area contributed by atoms with E-state index in [1.165, 1.54) is 58.0 Å². The van der Waals surface area contributed by atoms with Crippen molar-refractivity contribution in [3.63, 3.8) is 0 Å². The van der Waals surface area contributed by atoms with E-state index in [9.17, 15) is 0 Å². The SMILES string of the molecule is CCCCN(CCCC)C1(CN)CC(C)(C)CC(C)(C)C1. The molecule has 1 aliphatic carbocycles. The molecule has 0 spiro atoms. The second kappa shape index (κ2) is 7.46. The summed E-state index contributed by atoms with van der Waals surface area (Å²) >= 11 is 0. The van der Waals surface area contributed by atoms with Gasteiger partial charge >= 0.3 is 0 Å². The van der Waals surface area contributed by atoms with Crippen LogP contribution in [0, 0.1) is 10.8 Å². The molecule has 2 N–H and O–H groups in total. The molecule has 1 saturated carbocycles. The van der Waals surface area contributed by atoms with Crippen LogP contribution >= 0.6 is 0 Å². The first-order valence-corrected chi connectivity index (χ1v) is 9.15.